The number of amides is 1. The van der Waals surface area contributed by atoms with Crippen molar-refractivity contribution in [2.45, 2.75) is 6.92 Å². The topological polar surface area (TPSA) is 84.7 Å². The van der Waals surface area contributed by atoms with Crippen LogP contribution in [0.25, 0.3) is 0 Å². The van der Waals surface area contributed by atoms with Gasteiger partial charge in [-0.15, -0.1) is 0 Å². The van der Waals surface area contributed by atoms with Gasteiger partial charge in [-0.1, -0.05) is 11.6 Å². The average Bonchev–Trinajstić information content (AvgIpc) is 2.56. The van der Waals surface area contributed by atoms with Crippen molar-refractivity contribution >= 4 is 34.6 Å². The Kier molecular flexibility index (Phi) is 5.82. The molecule has 1 N–H and O–H groups in total. The van der Waals surface area contributed by atoms with Crippen LogP contribution in [0.5, 0.6) is 5.75 Å². The second-order valence-corrected chi connectivity index (χ2v) is 5.80. The number of anilines is 2. The smallest absolute Gasteiger partial charge is 0.293 e. The fourth-order valence-corrected chi connectivity index (χ4v) is 2.42. The lowest BCUT2D eigenvalue weighted by atomic mass is 10.1. The minimum absolute atomic E-state index is 0.0793. The summed E-state index contributed by atoms with van der Waals surface area (Å²) < 4.78 is 5.36. The van der Waals surface area contributed by atoms with Gasteiger partial charge in [0, 0.05) is 25.8 Å². The summed E-state index contributed by atoms with van der Waals surface area (Å²) in [5.74, 6) is 0.299. The molecule has 0 radical (unpaired) electrons. The summed E-state index contributed by atoms with van der Waals surface area (Å²) in [7, 11) is 3.10. The molecular formula is C17H18ClN3O4. The minimum Gasteiger partial charge on any atom is -0.494 e. The van der Waals surface area contributed by atoms with Crippen molar-refractivity contribution in [2.75, 3.05) is 26.0 Å². The van der Waals surface area contributed by atoms with Gasteiger partial charge in [0.25, 0.3) is 11.6 Å². The number of hydrogen-bond donors (Lipinski definition) is 1. The molecule has 25 heavy (non-hydrogen) atoms. The van der Waals surface area contributed by atoms with Crippen molar-refractivity contribution in [2.24, 2.45) is 0 Å². The van der Waals surface area contributed by atoms with E-state index in [1.54, 1.807) is 38.4 Å². The molecule has 1 amide bonds. The SMILES string of the molecule is CCOc1ccc(Nc2cc(Cl)c(C(=O)N(C)C)cc2[N+](=O)[O-])cc1. The molecule has 0 unspecified atom stereocenters. The molecule has 2 rings (SSSR count). The van der Waals surface area contributed by atoms with Gasteiger partial charge < -0.3 is 15.0 Å². The van der Waals surface area contributed by atoms with Crippen molar-refractivity contribution in [3.63, 3.8) is 0 Å². The molecule has 0 heterocycles. The zero-order chi connectivity index (χ0) is 18.6. The van der Waals surface area contributed by atoms with Crippen molar-refractivity contribution in [3.05, 3.63) is 57.1 Å². The van der Waals surface area contributed by atoms with Gasteiger partial charge in [-0.25, -0.2) is 0 Å². The lowest BCUT2D eigenvalue weighted by Gasteiger charge is -2.14. The Morgan fingerprint density at radius 3 is 2.44 bits per heavy atom. The molecule has 0 spiro atoms. The third-order valence-electron chi connectivity index (χ3n) is 3.36. The Hall–Kier alpha value is -2.80. The van der Waals surface area contributed by atoms with Crippen molar-refractivity contribution in [3.8, 4) is 5.75 Å². The van der Waals surface area contributed by atoms with Crippen LogP contribution in [0.3, 0.4) is 0 Å². The van der Waals surface area contributed by atoms with E-state index in [0.717, 1.165) is 0 Å². The molecule has 2 aromatic carbocycles. The number of ether oxygens (including phenoxy) is 1. The largest absolute Gasteiger partial charge is 0.494 e. The predicted molar refractivity (Wildman–Crippen MR) is 97.0 cm³/mol. The molecule has 132 valence electrons. The maximum atomic E-state index is 12.1. The Morgan fingerprint density at radius 1 is 1.28 bits per heavy atom. The van der Waals surface area contributed by atoms with Gasteiger partial charge in [0.05, 0.1) is 22.1 Å². The second kappa shape index (κ2) is 7.85. The third-order valence-corrected chi connectivity index (χ3v) is 3.68. The summed E-state index contributed by atoms with van der Waals surface area (Å²) in [5.41, 5.74) is 0.683. The first kappa shape index (κ1) is 18.5. The Morgan fingerprint density at radius 2 is 1.92 bits per heavy atom. The molecule has 8 heteroatoms. The van der Waals surface area contributed by atoms with Crippen molar-refractivity contribution < 1.29 is 14.5 Å². The first-order valence-corrected chi connectivity index (χ1v) is 7.90. The van der Waals surface area contributed by atoms with Crippen LogP contribution in [-0.4, -0.2) is 36.4 Å². The van der Waals surface area contributed by atoms with Crippen LogP contribution in [0, 0.1) is 10.1 Å². The van der Waals surface area contributed by atoms with Gasteiger partial charge in [0.15, 0.2) is 0 Å². The van der Waals surface area contributed by atoms with E-state index >= 15 is 0 Å². The number of nitro benzene ring substituents is 1. The summed E-state index contributed by atoms with van der Waals surface area (Å²) in [5, 5.41) is 14.5. The van der Waals surface area contributed by atoms with Gasteiger partial charge in [0.2, 0.25) is 0 Å². The van der Waals surface area contributed by atoms with E-state index in [4.69, 9.17) is 16.3 Å². The monoisotopic (exact) mass is 363 g/mol. The van der Waals surface area contributed by atoms with Crippen LogP contribution in [0.1, 0.15) is 17.3 Å². The number of benzene rings is 2. The lowest BCUT2D eigenvalue weighted by molar-refractivity contribution is -0.383. The average molecular weight is 364 g/mol. The van der Waals surface area contributed by atoms with Crippen LogP contribution in [0.2, 0.25) is 5.02 Å². The Bertz CT molecular complexity index is 791. The zero-order valence-corrected chi connectivity index (χ0v) is 14.8. The molecule has 0 fully saturated rings. The first-order valence-electron chi connectivity index (χ1n) is 7.53. The van der Waals surface area contributed by atoms with E-state index in [2.05, 4.69) is 5.32 Å². The second-order valence-electron chi connectivity index (χ2n) is 5.39. The maximum Gasteiger partial charge on any atom is 0.293 e. The normalized spacial score (nSPS) is 10.2. The molecule has 7 nitrogen and oxygen atoms in total. The van der Waals surface area contributed by atoms with Crippen LogP contribution >= 0.6 is 11.6 Å². The third kappa shape index (κ3) is 4.39. The highest BCUT2D eigenvalue weighted by Gasteiger charge is 2.22. The van der Waals surface area contributed by atoms with Gasteiger partial charge in [-0.3, -0.25) is 14.9 Å². The Labute approximate surface area is 150 Å². The van der Waals surface area contributed by atoms with Crippen LogP contribution in [0.15, 0.2) is 36.4 Å². The zero-order valence-electron chi connectivity index (χ0n) is 14.1. The lowest BCUT2D eigenvalue weighted by Crippen LogP contribution is -2.22. The number of nitrogens with zero attached hydrogens (tertiary/aromatic N) is 2. The number of halogens is 1. The number of carbonyl (C=O) groups is 1. The fourth-order valence-electron chi connectivity index (χ4n) is 2.17. The first-order chi connectivity index (χ1) is 11.8. The Balaban J connectivity index is 2.38. The standard InChI is InChI=1S/C17H18ClN3O4/c1-4-25-12-7-5-11(6-8-12)19-15-10-14(18)13(17(22)20(2)3)9-16(15)21(23)24/h5-10,19H,4H2,1-3H3. The molecule has 0 saturated carbocycles. The summed E-state index contributed by atoms with van der Waals surface area (Å²) >= 11 is 6.15. The number of hydrogen-bond acceptors (Lipinski definition) is 5. The molecule has 0 aromatic heterocycles. The van der Waals surface area contributed by atoms with Crippen LogP contribution in [-0.2, 0) is 0 Å². The number of nitrogens with one attached hydrogen (secondary N) is 1. The van der Waals surface area contributed by atoms with E-state index < -0.39 is 10.8 Å². The molecule has 0 bridgehead atoms. The highest BCUT2D eigenvalue weighted by Crippen LogP contribution is 2.34. The molecule has 0 aliphatic carbocycles. The van der Waals surface area contributed by atoms with Gasteiger partial charge >= 0.3 is 0 Å². The van der Waals surface area contributed by atoms with Crippen LogP contribution < -0.4 is 10.1 Å². The minimum atomic E-state index is -0.556. The molecule has 0 saturated heterocycles. The number of rotatable bonds is 6. The van der Waals surface area contributed by atoms with Gasteiger partial charge in [0.1, 0.15) is 11.4 Å². The van der Waals surface area contributed by atoms with E-state index in [-0.39, 0.29) is 22.0 Å². The van der Waals surface area contributed by atoms with Crippen molar-refractivity contribution in [1.82, 2.24) is 4.90 Å². The van der Waals surface area contributed by atoms with E-state index in [0.29, 0.717) is 18.0 Å². The quantitative estimate of drug-likeness (QED) is 0.617. The van der Waals surface area contributed by atoms with E-state index in [1.165, 1.54) is 17.0 Å². The fraction of sp³-hybridized carbons (Fsp3) is 0.235. The highest BCUT2D eigenvalue weighted by molar-refractivity contribution is 6.34. The van der Waals surface area contributed by atoms with Crippen molar-refractivity contribution in [1.29, 1.82) is 0 Å². The predicted octanol–water partition coefficient (Wildman–Crippen LogP) is 4.09. The summed E-state index contributed by atoms with van der Waals surface area (Å²) in [6.45, 7) is 2.43. The molecule has 0 aliphatic rings. The summed E-state index contributed by atoms with van der Waals surface area (Å²) in [6, 6.07) is 9.55. The van der Waals surface area contributed by atoms with Gasteiger partial charge in [-0.05, 0) is 37.3 Å². The van der Waals surface area contributed by atoms with Crippen LogP contribution in [0.4, 0.5) is 17.1 Å². The number of nitro groups is 1. The number of carbonyl (C=O) groups excluding carboxylic acids is 1. The molecular weight excluding hydrogens is 346 g/mol. The molecule has 2 aromatic rings. The highest BCUT2D eigenvalue weighted by atomic mass is 35.5. The maximum absolute atomic E-state index is 12.1. The van der Waals surface area contributed by atoms with Gasteiger partial charge in [-0.2, -0.15) is 0 Å². The summed E-state index contributed by atoms with van der Waals surface area (Å²) in [4.78, 5) is 24.2. The summed E-state index contributed by atoms with van der Waals surface area (Å²) in [6.07, 6.45) is 0. The van der Waals surface area contributed by atoms with E-state index in [9.17, 15) is 14.9 Å². The molecule has 0 atom stereocenters. The molecule has 0 aliphatic heterocycles. The van der Waals surface area contributed by atoms with E-state index in [1.807, 2.05) is 6.92 Å².